The maximum Gasteiger partial charge on any atom is 0.137 e. The molecule has 0 saturated heterocycles. The summed E-state index contributed by atoms with van der Waals surface area (Å²) in [6.07, 6.45) is 5.18. The summed E-state index contributed by atoms with van der Waals surface area (Å²) in [5.41, 5.74) is 8.19. The Morgan fingerprint density at radius 1 is 1.24 bits per heavy atom. The first kappa shape index (κ1) is 10.5. The predicted molar refractivity (Wildman–Crippen MR) is 65.4 cm³/mol. The highest BCUT2D eigenvalue weighted by Gasteiger charge is 2.26. The number of rotatable bonds is 4. The number of nitrogens with two attached hydrogens (primary N) is 1. The number of aromatic nitrogens is 3. The molecule has 1 saturated carbocycles. The average molecular weight is 228 g/mol. The second-order valence-corrected chi connectivity index (χ2v) is 4.54. The van der Waals surface area contributed by atoms with Gasteiger partial charge in [-0.25, -0.2) is 0 Å². The molecule has 1 fully saturated rings. The zero-order chi connectivity index (χ0) is 11.7. The molecule has 0 unspecified atom stereocenters. The molecule has 88 valence electrons. The Balaban J connectivity index is 1.88. The SMILES string of the molecule is NCc1ccccc1Cc1nncn1C1CC1. The summed E-state index contributed by atoms with van der Waals surface area (Å²) >= 11 is 0. The van der Waals surface area contributed by atoms with Gasteiger partial charge in [0.2, 0.25) is 0 Å². The van der Waals surface area contributed by atoms with E-state index in [1.807, 2.05) is 18.5 Å². The van der Waals surface area contributed by atoms with Gasteiger partial charge in [0.05, 0.1) is 0 Å². The first-order chi connectivity index (χ1) is 8.38. The number of hydrogen-bond acceptors (Lipinski definition) is 3. The molecule has 3 rings (SSSR count). The summed E-state index contributed by atoms with van der Waals surface area (Å²) in [4.78, 5) is 0. The molecule has 1 aliphatic carbocycles. The van der Waals surface area contributed by atoms with E-state index in [0.29, 0.717) is 12.6 Å². The summed E-state index contributed by atoms with van der Waals surface area (Å²) in [7, 11) is 0. The third kappa shape index (κ3) is 2.08. The Labute approximate surface area is 100 Å². The third-order valence-corrected chi connectivity index (χ3v) is 3.27. The van der Waals surface area contributed by atoms with E-state index in [1.165, 1.54) is 24.0 Å². The highest BCUT2D eigenvalue weighted by atomic mass is 15.3. The van der Waals surface area contributed by atoms with Gasteiger partial charge in [-0.3, -0.25) is 0 Å². The smallest absolute Gasteiger partial charge is 0.137 e. The van der Waals surface area contributed by atoms with Crippen LogP contribution in [-0.4, -0.2) is 14.8 Å². The van der Waals surface area contributed by atoms with Gasteiger partial charge in [0.25, 0.3) is 0 Å². The van der Waals surface area contributed by atoms with Gasteiger partial charge in [0.15, 0.2) is 0 Å². The van der Waals surface area contributed by atoms with Crippen molar-refractivity contribution in [2.75, 3.05) is 0 Å². The van der Waals surface area contributed by atoms with E-state index in [1.54, 1.807) is 0 Å². The molecule has 1 aromatic heterocycles. The summed E-state index contributed by atoms with van der Waals surface area (Å²) in [5, 5.41) is 8.24. The lowest BCUT2D eigenvalue weighted by Crippen LogP contribution is -2.06. The van der Waals surface area contributed by atoms with E-state index < -0.39 is 0 Å². The molecule has 2 aromatic rings. The van der Waals surface area contributed by atoms with Crippen LogP contribution in [0.4, 0.5) is 0 Å². The van der Waals surface area contributed by atoms with Gasteiger partial charge in [-0.1, -0.05) is 24.3 Å². The van der Waals surface area contributed by atoms with Gasteiger partial charge in [-0.15, -0.1) is 10.2 Å². The van der Waals surface area contributed by atoms with Crippen LogP contribution >= 0.6 is 0 Å². The van der Waals surface area contributed by atoms with Crippen LogP contribution in [-0.2, 0) is 13.0 Å². The van der Waals surface area contributed by atoms with Crippen LogP contribution in [0.5, 0.6) is 0 Å². The molecule has 1 aliphatic rings. The van der Waals surface area contributed by atoms with E-state index in [2.05, 4.69) is 26.9 Å². The standard InChI is InChI=1S/C13H16N4/c14-8-11-4-2-1-3-10(11)7-13-16-15-9-17(13)12-5-6-12/h1-4,9,12H,5-8,14H2. The molecule has 0 aliphatic heterocycles. The minimum atomic E-state index is 0.577. The van der Waals surface area contributed by atoms with Crippen LogP contribution in [0.15, 0.2) is 30.6 Å². The van der Waals surface area contributed by atoms with Gasteiger partial charge < -0.3 is 10.3 Å². The Kier molecular flexibility index (Phi) is 2.65. The summed E-state index contributed by atoms with van der Waals surface area (Å²) in [6.45, 7) is 0.577. The Morgan fingerprint density at radius 3 is 2.71 bits per heavy atom. The molecule has 0 amide bonds. The van der Waals surface area contributed by atoms with Crippen molar-refractivity contribution in [3.05, 3.63) is 47.5 Å². The monoisotopic (exact) mass is 228 g/mol. The summed E-state index contributed by atoms with van der Waals surface area (Å²) < 4.78 is 2.20. The van der Waals surface area contributed by atoms with Crippen molar-refractivity contribution in [2.45, 2.75) is 31.8 Å². The second kappa shape index (κ2) is 4.30. The van der Waals surface area contributed by atoms with Crippen molar-refractivity contribution in [2.24, 2.45) is 5.73 Å². The topological polar surface area (TPSA) is 56.7 Å². The lowest BCUT2D eigenvalue weighted by atomic mass is 10.0. The Morgan fingerprint density at radius 2 is 2.00 bits per heavy atom. The van der Waals surface area contributed by atoms with E-state index >= 15 is 0 Å². The first-order valence-corrected chi connectivity index (χ1v) is 6.03. The molecule has 17 heavy (non-hydrogen) atoms. The van der Waals surface area contributed by atoms with Crippen LogP contribution < -0.4 is 5.73 Å². The van der Waals surface area contributed by atoms with Gasteiger partial charge in [0.1, 0.15) is 12.2 Å². The molecular weight excluding hydrogens is 212 g/mol. The summed E-state index contributed by atoms with van der Waals surface area (Å²) in [6, 6.07) is 8.90. The van der Waals surface area contributed by atoms with Crippen LogP contribution in [0.25, 0.3) is 0 Å². The fourth-order valence-electron chi connectivity index (χ4n) is 2.15. The lowest BCUT2D eigenvalue weighted by Gasteiger charge is -2.08. The molecular formula is C13H16N4. The molecule has 4 nitrogen and oxygen atoms in total. The predicted octanol–water partition coefficient (Wildman–Crippen LogP) is 1.66. The van der Waals surface area contributed by atoms with E-state index in [4.69, 9.17) is 5.73 Å². The molecule has 4 heteroatoms. The van der Waals surface area contributed by atoms with Crippen LogP contribution in [0, 0.1) is 0 Å². The zero-order valence-corrected chi connectivity index (χ0v) is 9.71. The fourth-order valence-corrected chi connectivity index (χ4v) is 2.15. The van der Waals surface area contributed by atoms with Crippen molar-refractivity contribution in [1.82, 2.24) is 14.8 Å². The third-order valence-electron chi connectivity index (χ3n) is 3.27. The maximum absolute atomic E-state index is 5.75. The van der Waals surface area contributed by atoms with Gasteiger partial charge >= 0.3 is 0 Å². The molecule has 1 heterocycles. The van der Waals surface area contributed by atoms with Crippen molar-refractivity contribution in [3.8, 4) is 0 Å². The molecule has 0 radical (unpaired) electrons. The van der Waals surface area contributed by atoms with Crippen molar-refractivity contribution >= 4 is 0 Å². The van der Waals surface area contributed by atoms with Crippen LogP contribution in [0.1, 0.15) is 35.8 Å². The average Bonchev–Trinajstić information content (AvgIpc) is 3.11. The van der Waals surface area contributed by atoms with E-state index in [0.717, 1.165) is 12.2 Å². The van der Waals surface area contributed by atoms with Crippen molar-refractivity contribution < 1.29 is 0 Å². The highest BCUT2D eigenvalue weighted by Crippen LogP contribution is 2.35. The number of benzene rings is 1. The molecule has 2 N–H and O–H groups in total. The highest BCUT2D eigenvalue weighted by molar-refractivity contribution is 5.29. The molecule has 0 bridgehead atoms. The molecule has 0 atom stereocenters. The molecule has 0 spiro atoms. The van der Waals surface area contributed by atoms with Crippen molar-refractivity contribution in [3.63, 3.8) is 0 Å². The van der Waals surface area contributed by atoms with Crippen molar-refractivity contribution in [1.29, 1.82) is 0 Å². The minimum Gasteiger partial charge on any atom is -0.326 e. The Bertz CT molecular complexity index is 514. The largest absolute Gasteiger partial charge is 0.326 e. The summed E-state index contributed by atoms with van der Waals surface area (Å²) in [5.74, 6) is 1.05. The Hall–Kier alpha value is -1.68. The van der Waals surface area contributed by atoms with Gasteiger partial charge in [0, 0.05) is 19.0 Å². The fraction of sp³-hybridized carbons (Fsp3) is 0.385. The maximum atomic E-state index is 5.75. The van der Waals surface area contributed by atoms with E-state index in [9.17, 15) is 0 Å². The quantitative estimate of drug-likeness (QED) is 0.866. The minimum absolute atomic E-state index is 0.577. The van der Waals surface area contributed by atoms with E-state index in [-0.39, 0.29) is 0 Å². The molecule has 1 aromatic carbocycles. The first-order valence-electron chi connectivity index (χ1n) is 6.03. The normalized spacial score (nSPS) is 15.1. The van der Waals surface area contributed by atoms with Crippen LogP contribution in [0.3, 0.4) is 0 Å². The van der Waals surface area contributed by atoms with Gasteiger partial charge in [-0.05, 0) is 24.0 Å². The van der Waals surface area contributed by atoms with Gasteiger partial charge in [-0.2, -0.15) is 0 Å². The number of hydrogen-bond donors (Lipinski definition) is 1. The second-order valence-electron chi connectivity index (χ2n) is 4.54. The van der Waals surface area contributed by atoms with Crippen LogP contribution in [0.2, 0.25) is 0 Å². The number of nitrogens with zero attached hydrogens (tertiary/aromatic N) is 3. The lowest BCUT2D eigenvalue weighted by molar-refractivity contribution is 0.692. The zero-order valence-electron chi connectivity index (χ0n) is 9.71.